The second kappa shape index (κ2) is 8.49. The van der Waals surface area contributed by atoms with Crippen LogP contribution in [0.4, 0.5) is 22.0 Å². The average Bonchev–Trinajstić information content (AvgIpc) is 3.14. The van der Waals surface area contributed by atoms with E-state index in [4.69, 9.17) is 9.47 Å². The van der Waals surface area contributed by atoms with Gasteiger partial charge in [0.15, 0.2) is 23.1 Å². The Morgan fingerprint density at radius 3 is 2.27 bits per heavy atom. The molecule has 170 valence electrons. The summed E-state index contributed by atoms with van der Waals surface area (Å²) in [6.07, 6.45) is -3.87. The molecule has 0 aliphatic carbocycles. The third kappa shape index (κ3) is 4.47. The van der Waals surface area contributed by atoms with Crippen LogP contribution in [0.5, 0.6) is 17.4 Å². The summed E-state index contributed by atoms with van der Waals surface area (Å²) in [4.78, 5) is 7.93. The molecular weight excluding hydrogens is 447 g/mol. The summed E-state index contributed by atoms with van der Waals surface area (Å²) in [6, 6.07) is 10.0. The number of hydrogen-bond acceptors (Lipinski definition) is 5. The van der Waals surface area contributed by atoms with E-state index in [0.717, 1.165) is 24.3 Å². The van der Waals surface area contributed by atoms with Gasteiger partial charge in [-0.3, -0.25) is 0 Å². The first-order valence-corrected chi connectivity index (χ1v) is 9.42. The zero-order valence-electron chi connectivity index (χ0n) is 17.2. The standard InChI is InChI=1S/C22H15F5N4O2/c1-31-21(29-20(30-31)19-14(23)4-3-5-15(19)24)12-6-8-16(32-2)17(10-12)33-18-9-7-13(11-28-18)22(25,26)27/h3-11H,1-2H3. The smallest absolute Gasteiger partial charge is 0.417 e. The Hall–Kier alpha value is -4.02. The second-order valence-corrected chi connectivity index (χ2v) is 6.83. The number of ether oxygens (including phenoxy) is 2. The number of halogens is 5. The predicted molar refractivity (Wildman–Crippen MR) is 108 cm³/mol. The summed E-state index contributed by atoms with van der Waals surface area (Å²) in [5, 5.41) is 4.10. The number of hydrogen-bond donors (Lipinski definition) is 0. The summed E-state index contributed by atoms with van der Waals surface area (Å²) in [5.74, 6) is -1.16. The molecule has 0 bridgehead atoms. The first-order valence-electron chi connectivity index (χ1n) is 9.42. The maximum atomic E-state index is 14.1. The number of nitrogens with zero attached hydrogens (tertiary/aromatic N) is 4. The fourth-order valence-corrected chi connectivity index (χ4v) is 3.07. The molecule has 2 aromatic carbocycles. The highest BCUT2D eigenvalue weighted by Gasteiger charge is 2.30. The van der Waals surface area contributed by atoms with E-state index in [2.05, 4.69) is 15.1 Å². The summed E-state index contributed by atoms with van der Waals surface area (Å²) in [5.41, 5.74) is -0.823. The van der Waals surface area contributed by atoms with Crippen LogP contribution in [0.3, 0.4) is 0 Å². The molecule has 33 heavy (non-hydrogen) atoms. The highest BCUT2D eigenvalue weighted by Crippen LogP contribution is 2.36. The van der Waals surface area contributed by atoms with Gasteiger partial charge >= 0.3 is 6.18 Å². The Bertz CT molecular complexity index is 1280. The molecule has 0 unspecified atom stereocenters. The summed E-state index contributed by atoms with van der Waals surface area (Å²) in [7, 11) is 2.94. The fourth-order valence-electron chi connectivity index (χ4n) is 3.07. The van der Waals surface area contributed by atoms with E-state index in [1.165, 1.54) is 23.9 Å². The number of methoxy groups -OCH3 is 1. The summed E-state index contributed by atoms with van der Waals surface area (Å²) in [6.45, 7) is 0. The fraction of sp³-hybridized carbons (Fsp3) is 0.136. The van der Waals surface area contributed by atoms with Crippen molar-refractivity contribution in [3.05, 3.63) is 71.9 Å². The third-order valence-corrected chi connectivity index (χ3v) is 4.65. The molecule has 0 fully saturated rings. The van der Waals surface area contributed by atoms with E-state index in [1.54, 1.807) is 19.2 Å². The first kappa shape index (κ1) is 22.2. The topological polar surface area (TPSA) is 62.1 Å². The van der Waals surface area contributed by atoms with Crippen LogP contribution in [0.15, 0.2) is 54.7 Å². The van der Waals surface area contributed by atoms with Crippen LogP contribution in [-0.4, -0.2) is 26.9 Å². The van der Waals surface area contributed by atoms with E-state index in [-0.39, 0.29) is 34.6 Å². The van der Waals surface area contributed by atoms with Gasteiger partial charge in [0, 0.05) is 24.9 Å². The van der Waals surface area contributed by atoms with Crippen LogP contribution in [0.2, 0.25) is 0 Å². The monoisotopic (exact) mass is 462 g/mol. The van der Waals surface area contributed by atoms with E-state index in [0.29, 0.717) is 11.8 Å². The Morgan fingerprint density at radius 2 is 1.67 bits per heavy atom. The van der Waals surface area contributed by atoms with Crippen LogP contribution in [0.1, 0.15) is 5.56 Å². The number of aromatic nitrogens is 4. The molecule has 0 spiro atoms. The van der Waals surface area contributed by atoms with Crippen molar-refractivity contribution in [3.8, 4) is 40.2 Å². The number of pyridine rings is 1. The van der Waals surface area contributed by atoms with Crippen molar-refractivity contribution in [2.45, 2.75) is 6.18 Å². The van der Waals surface area contributed by atoms with Gasteiger partial charge in [0.05, 0.1) is 18.2 Å². The maximum absolute atomic E-state index is 14.1. The lowest BCUT2D eigenvalue weighted by Crippen LogP contribution is -2.05. The van der Waals surface area contributed by atoms with Crippen LogP contribution < -0.4 is 9.47 Å². The molecule has 2 aromatic heterocycles. The van der Waals surface area contributed by atoms with E-state index < -0.39 is 23.4 Å². The van der Waals surface area contributed by atoms with Gasteiger partial charge in [-0.05, 0) is 36.4 Å². The van der Waals surface area contributed by atoms with Gasteiger partial charge in [-0.15, -0.1) is 0 Å². The normalized spacial score (nSPS) is 11.5. The van der Waals surface area contributed by atoms with Crippen molar-refractivity contribution in [2.24, 2.45) is 7.05 Å². The van der Waals surface area contributed by atoms with Crippen LogP contribution >= 0.6 is 0 Å². The zero-order valence-corrected chi connectivity index (χ0v) is 17.2. The van der Waals surface area contributed by atoms with E-state index in [9.17, 15) is 22.0 Å². The highest BCUT2D eigenvalue weighted by molar-refractivity contribution is 5.65. The SMILES string of the molecule is COc1ccc(-c2nc(-c3c(F)cccc3F)nn2C)cc1Oc1ccc(C(F)(F)F)cn1. The Labute approximate surface area is 184 Å². The molecule has 11 heteroatoms. The van der Waals surface area contributed by atoms with Crippen LogP contribution in [0, 0.1) is 11.6 Å². The summed E-state index contributed by atoms with van der Waals surface area (Å²) >= 11 is 0. The molecule has 6 nitrogen and oxygen atoms in total. The first-order chi connectivity index (χ1) is 15.7. The lowest BCUT2D eigenvalue weighted by atomic mass is 10.1. The Kier molecular flexibility index (Phi) is 5.71. The Balaban J connectivity index is 1.70. The molecule has 2 heterocycles. The number of benzene rings is 2. The number of alkyl halides is 3. The van der Waals surface area contributed by atoms with E-state index >= 15 is 0 Å². The van der Waals surface area contributed by atoms with Gasteiger partial charge in [-0.2, -0.15) is 18.3 Å². The van der Waals surface area contributed by atoms with Crippen molar-refractivity contribution in [1.29, 1.82) is 0 Å². The number of rotatable bonds is 5. The highest BCUT2D eigenvalue weighted by atomic mass is 19.4. The van der Waals surface area contributed by atoms with E-state index in [1.807, 2.05) is 0 Å². The molecule has 0 aliphatic heterocycles. The third-order valence-electron chi connectivity index (χ3n) is 4.65. The lowest BCUT2D eigenvalue weighted by molar-refractivity contribution is -0.137. The molecule has 0 aliphatic rings. The summed E-state index contributed by atoms with van der Waals surface area (Å²) < 4.78 is 78.8. The zero-order chi connectivity index (χ0) is 23.8. The number of aryl methyl sites for hydroxylation is 1. The molecule has 0 radical (unpaired) electrons. The molecule has 4 rings (SSSR count). The minimum atomic E-state index is -4.52. The van der Waals surface area contributed by atoms with Gasteiger partial charge in [-0.1, -0.05) is 6.07 Å². The van der Waals surface area contributed by atoms with Crippen LogP contribution in [0.25, 0.3) is 22.8 Å². The molecule has 0 saturated heterocycles. The van der Waals surface area contributed by atoms with Gasteiger partial charge in [0.2, 0.25) is 5.88 Å². The molecule has 0 atom stereocenters. The predicted octanol–water partition coefficient (Wildman–Crippen LogP) is 5.64. The average molecular weight is 462 g/mol. The van der Waals surface area contributed by atoms with Gasteiger partial charge in [0.1, 0.15) is 11.6 Å². The van der Waals surface area contributed by atoms with Gasteiger partial charge in [0.25, 0.3) is 0 Å². The van der Waals surface area contributed by atoms with Crippen molar-refractivity contribution in [1.82, 2.24) is 19.7 Å². The molecule has 4 aromatic rings. The van der Waals surface area contributed by atoms with Gasteiger partial charge < -0.3 is 9.47 Å². The minimum absolute atomic E-state index is 0.0921. The van der Waals surface area contributed by atoms with Crippen molar-refractivity contribution in [2.75, 3.05) is 7.11 Å². The quantitative estimate of drug-likeness (QED) is 0.359. The second-order valence-electron chi connectivity index (χ2n) is 6.83. The molecule has 0 N–H and O–H groups in total. The molecule has 0 saturated carbocycles. The Morgan fingerprint density at radius 1 is 0.939 bits per heavy atom. The van der Waals surface area contributed by atoms with Crippen LogP contribution in [-0.2, 0) is 13.2 Å². The largest absolute Gasteiger partial charge is 0.493 e. The van der Waals surface area contributed by atoms with Crippen molar-refractivity contribution >= 4 is 0 Å². The molecular formula is C22H15F5N4O2. The minimum Gasteiger partial charge on any atom is -0.493 e. The van der Waals surface area contributed by atoms with Gasteiger partial charge in [-0.25, -0.2) is 23.4 Å². The van der Waals surface area contributed by atoms with Crippen molar-refractivity contribution in [3.63, 3.8) is 0 Å². The maximum Gasteiger partial charge on any atom is 0.417 e. The molecule has 0 amide bonds. The lowest BCUT2D eigenvalue weighted by Gasteiger charge is -2.12. The van der Waals surface area contributed by atoms with Crippen molar-refractivity contribution < 1.29 is 31.4 Å².